The van der Waals surface area contributed by atoms with Gasteiger partial charge in [-0.2, -0.15) is 0 Å². The van der Waals surface area contributed by atoms with Gasteiger partial charge in [0.1, 0.15) is 0 Å². The third-order valence-electron chi connectivity index (χ3n) is 2.96. The predicted octanol–water partition coefficient (Wildman–Crippen LogP) is 1.34. The first-order valence-electron chi connectivity index (χ1n) is 7.44. The Morgan fingerprint density at radius 1 is 1.29 bits per heavy atom. The lowest BCUT2D eigenvalue weighted by Crippen LogP contribution is -2.29. The standard InChI is InChI=1S/C15H21N3O6/c1-3-6-17-14(19)10-24-15(20)12-9-11(18(21)22)4-5-13(12)16-7-8-23-2/h4-5,9,16H,3,6-8,10H2,1-2H3,(H,17,19). The summed E-state index contributed by atoms with van der Waals surface area (Å²) in [6.45, 7) is 2.74. The molecule has 0 bridgehead atoms. The van der Waals surface area contributed by atoms with Crippen LogP contribution in [0.2, 0.25) is 0 Å². The predicted molar refractivity (Wildman–Crippen MR) is 87.0 cm³/mol. The molecule has 0 atom stereocenters. The van der Waals surface area contributed by atoms with E-state index in [0.717, 1.165) is 12.5 Å². The van der Waals surface area contributed by atoms with Gasteiger partial charge in [0.05, 0.1) is 17.1 Å². The summed E-state index contributed by atoms with van der Waals surface area (Å²) in [5, 5.41) is 16.4. The summed E-state index contributed by atoms with van der Waals surface area (Å²) >= 11 is 0. The number of rotatable bonds is 10. The highest BCUT2D eigenvalue weighted by molar-refractivity contribution is 5.97. The smallest absolute Gasteiger partial charge is 0.341 e. The van der Waals surface area contributed by atoms with Crippen molar-refractivity contribution < 1.29 is 24.0 Å². The molecule has 0 radical (unpaired) electrons. The number of nitrogens with zero attached hydrogens (tertiary/aromatic N) is 1. The SMILES string of the molecule is CCCNC(=O)COC(=O)c1cc([N+](=O)[O-])ccc1NCCOC. The normalized spacial score (nSPS) is 10.1. The number of anilines is 1. The van der Waals surface area contributed by atoms with Crippen LogP contribution in [-0.2, 0) is 14.3 Å². The van der Waals surface area contributed by atoms with E-state index in [1.807, 2.05) is 6.92 Å². The minimum absolute atomic E-state index is 0.0106. The highest BCUT2D eigenvalue weighted by Crippen LogP contribution is 2.23. The Morgan fingerprint density at radius 3 is 2.67 bits per heavy atom. The lowest BCUT2D eigenvalue weighted by Gasteiger charge is -2.11. The van der Waals surface area contributed by atoms with Crippen LogP contribution < -0.4 is 10.6 Å². The highest BCUT2D eigenvalue weighted by atomic mass is 16.6. The zero-order valence-electron chi connectivity index (χ0n) is 13.7. The average molecular weight is 339 g/mol. The van der Waals surface area contributed by atoms with Gasteiger partial charge in [0.2, 0.25) is 0 Å². The van der Waals surface area contributed by atoms with Gasteiger partial charge in [0.25, 0.3) is 11.6 Å². The summed E-state index contributed by atoms with van der Waals surface area (Å²) in [4.78, 5) is 33.9. The quantitative estimate of drug-likeness (QED) is 0.285. The Bertz CT molecular complexity index is 591. The maximum atomic E-state index is 12.2. The number of non-ortho nitro benzene ring substituents is 1. The number of ether oxygens (including phenoxy) is 2. The van der Waals surface area contributed by atoms with Crippen LogP contribution >= 0.6 is 0 Å². The molecule has 9 heteroatoms. The molecule has 1 amide bonds. The van der Waals surface area contributed by atoms with E-state index < -0.39 is 23.4 Å². The van der Waals surface area contributed by atoms with Crippen LogP contribution in [0.4, 0.5) is 11.4 Å². The van der Waals surface area contributed by atoms with E-state index in [4.69, 9.17) is 9.47 Å². The number of carbonyl (C=O) groups is 2. The molecule has 0 aliphatic rings. The molecule has 0 spiro atoms. The number of methoxy groups -OCH3 is 1. The Kier molecular flexibility index (Phi) is 8.20. The minimum Gasteiger partial charge on any atom is -0.452 e. The van der Waals surface area contributed by atoms with Gasteiger partial charge in [-0.15, -0.1) is 0 Å². The van der Waals surface area contributed by atoms with E-state index in [-0.39, 0.29) is 11.3 Å². The van der Waals surface area contributed by atoms with Crippen LogP contribution in [0.25, 0.3) is 0 Å². The highest BCUT2D eigenvalue weighted by Gasteiger charge is 2.19. The second-order valence-electron chi connectivity index (χ2n) is 4.83. The van der Waals surface area contributed by atoms with Crippen molar-refractivity contribution in [2.45, 2.75) is 13.3 Å². The maximum absolute atomic E-state index is 12.2. The molecule has 24 heavy (non-hydrogen) atoms. The first-order valence-corrected chi connectivity index (χ1v) is 7.44. The van der Waals surface area contributed by atoms with Crippen LogP contribution in [0.1, 0.15) is 23.7 Å². The minimum atomic E-state index is -0.815. The molecule has 0 aromatic heterocycles. The van der Waals surface area contributed by atoms with Crippen molar-refractivity contribution >= 4 is 23.3 Å². The van der Waals surface area contributed by atoms with Crippen molar-refractivity contribution in [3.63, 3.8) is 0 Å². The number of amides is 1. The zero-order valence-corrected chi connectivity index (χ0v) is 13.7. The van der Waals surface area contributed by atoms with Crippen molar-refractivity contribution in [2.75, 3.05) is 38.7 Å². The van der Waals surface area contributed by atoms with Gasteiger partial charge in [0.15, 0.2) is 6.61 Å². The number of nitrogens with one attached hydrogen (secondary N) is 2. The van der Waals surface area contributed by atoms with E-state index in [1.165, 1.54) is 19.2 Å². The first-order chi connectivity index (χ1) is 11.5. The fourth-order valence-electron chi connectivity index (χ4n) is 1.78. The van der Waals surface area contributed by atoms with Crippen LogP contribution in [0, 0.1) is 10.1 Å². The van der Waals surface area contributed by atoms with Gasteiger partial charge < -0.3 is 20.1 Å². The summed E-state index contributed by atoms with van der Waals surface area (Å²) in [5.41, 5.74) is 0.120. The third kappa shape index (κ3) is 6.21. The average Bonchev–Trinajstić information content (AvgIpc) is 2.58. The summed E-state index contributed by atoms with van der Waals surface area (Å²) in [6.07, 6.45) is 0.762. The molecule has 0 saturated heterocycles. The Morgan fingerprint density at radius 2 is 2.04 bits per heavy atom. The third-order valence-corrected chi connectivity index (χ3v) is 2.96. The van der Waals surface area contributed by atoms with Crippen LogP contribution in [0.15, 0.2) is 18.2 Å². The second-order valence-corrected chi connectivity index (χ2v) is 4.83. The van der Waals surface area contributed by atoms with Crippen LogP contribution in [0.3, 0.4) is 0 Å². The van der Waals surface area contributed by atoms with Crippen molar-refractivity contribution in [1.82, 2.24) is 5.32 Å². The second kappa shape index (κ2) is 10.2. The number of esters is 1. The number of nitro groups is 1. The summed E-state index contributed by atoms with van der Waals surface area (Å²) in [5.74, 6) is -1.24. The summed E-state index contributed by atoms with van der Waals surface area (Å²) in [6, 6.07) is 3.81. The summed E-state index contributed by atoms with van der Waals surface area (Å²) in [7, 11) is 1.53. The maximum Gasteiger partial charge on any atom is 0.341 e. The monoisotopic (exact) mass is 339 g/mol. The van der Waals surface area contributed by atoms with E-state index >= 15 is 0 Å². The molecular weight excluding hydrogens is 318 g/mol. The van der Waals surface area contributed by atoms with Crippen LogP contribution in [0.5, 0.6) is 0 Å². The van der Waals surface area contributed by atoms with Gasteiger partial charge in [-0.25, -0.2) is 4.79 Å². The largest absolute Gasteiger partial charge is 0.452 e. The molecule has 0 fully saturated rings. The van der Waals surface area contributed by atoms with E-state index in [9.17, 15) is 19.7 Å². The molecule has 9 nitrogen and oxygen atoms in total. The van der Waals surface area contributed by atoms with Gasteiger partial charge in [0, 0.05) is 38.0 Å². The Labute approximate surface area is 139 Å². The number of hydrogen-bond acceptors (Lipinski definition) is 7. The van der Waals surface area contributed by atoms with Crippen molar-refractivity contribution in [1.29, 1.82) is 0 Å². The van der Waals surface area contributed by atoms with Gasteiger partial charge in [-0.05, 0) is 12.5 Å². The molecule has 0 unspecified atom stereocenters. The molecule has 1 aromatic rings. The first kappa shape index (κ1) is 19.4. The lowest BCUT2D eigenvalue weighted by molar-refractivity contribution is -0.384. The number of nitro benzene ring substituents is 1. The van der Waals surface area contributed by atoms with E-state index in [1.54, 1.807) is 0 Å². The fourth-order valence-corrected chi connectivity index (χ4v) is 1.78. The zero-order chi connectivity index (χ0) is 17.9. The molecule has 0 heterocycles. The molecule has 1 aromatic carbocycles. The lowest BCUT2D eigenvalue weighted by atomic mass is 10.1. The molecular formula is C15H21N3O6. The molecule has 0 saturated carbocycles. The number of carbonyl (C=O) groups excluding carboxylic acids is 2. The Hall–Kier alpha value is -2.68. The van der Waals surface area contributed by atoms with Gasteiger partial charge in [-0.3, -0.25) is 14.9 Å². The molecule has 0 aliphatic carbocycles. The number of benzene rings is 1. The van der Waals surface area contributed by atoms with E-state index in [2.05, 4.69) is 10.6 Å². The van der Waals surface area contributed by atoms with Gasteiger partial charge >= 0.3 is 5.97 Å². The molecule has 2 N–H and O–H groups in total. The molecule has 132 valence electrons. The number of hydrogen-bond donors (Lipinski definition) is 2. The Balaban J connectivity index is 2.83. The van der Waals surface area contributed by atoms with Crippen molar-refractivity contribution in [2.24, 2.45) is 0 Å². The van der Waals surface area contributed by atoms with Crippen LogP contribution in [-0.4, -0.2) is 50.2 Å². The van der Waals surface area contributed by atoms with Gasteiger partial charge in [-0.1, -0.05) is 6.92 Å². The molecule has 0 aliphatic heterocycles. The fraction of sp³-hybridized carbons (Fsp3) is 0.467. The molecule has 1 rings (SSSR count). The van der Waals surface area contributed by atoms with E-state index in [0.29, 0.717) is 25.4 Å². The topological polar surface area (TPSA) is 120 Å². The van der Waals surface area contributed by atoms with Crippen molar-refractivity contribution in [3.05, 3.63) is 33.9 Å². The van der Waals surface area contributed by atoms with Crippen molar-refractivity contribution in [3.8, 4) is 0 Å². The summed E-state index contributed by atoms with van der Waals surface area (Å²) < 4.78 is 9.83.